The molecule has 0 saturated carbocycles. The van der Waals surface area contributed by atoms with Crippen LogP contribution in [0.5, 0.6) is 0 Å². The molecule has 1 aromatic rings. The van der Waals surface area contributed by atoms with Crippen molar-refractivity contribution in [2.45, 2.75) is 19.3 Å². The van der Waals surface area contributed by atoms with Crippen molar-refractivity contribution in [2.75, 3.05) is 0 Å². The van der Waals surface area contributed by atoms with E-state index in [1.165, 1.54) is 6.07 Å². The highest BCUT2D eigenvalue weighted by molar-refractivity contribution is 5.66. The van der Waals surface area contributed by atoms with Gasteiger partial charge in [-0.2, -0.15) is 0 Å². The maximum absolute atomic E-state index is 10.8. The van der Waals surface area contributed by atoms with E-state index in [2.05, 4.69) is 4.98 Å². The molecule has 6 nitrogen and oxygen atoms in total. The van der Waals surface area contributed by atoms with Crippen LogP contribution in [0.3, 0.4) is 0 Å². The van der Waals surface area contributed by atoms with Gasteiger partial charge in [0.2, 0.25) is 0 Å². The van der Waals surface area contributed by atoms with Gasteiger partial charge in [-0.15, -0.1) is 0 Å². The van der Waals surface area contributed by atoms with E-state index in [-0.39, 0.29) is 6.42 Å². The molecule has 0 aromatic carbocycles. The number of aliphatic carboxylic acids is 1. The van der Waals surface area contributed by atoms with Gasteiger partial charge in [-0.05, 0) is 12.8 Å². The zero-order valence-electron chi connectivity index (χ0n) is 7.37. The largest absolute Gasteiger partial charge is 0.481 e. The highest BCUT2D eigenvalue weighted by Gasteiger charge is 2.00. The molecule has 6 heteroatoms. The fourth-order valence-electron chi connectivity index (χ4n) is 1.08. The Kier molecular flexibility index (Phi) is 3.22. The third kappa shape index (κ3) is 3.26. The van der Waals surface area contributed by atoms with Crippen LogP contribution in [0.2, 0.25) is 0 Å². The van der Waals surface area contributed by atoms with Gasteiger partial charge in [-0.25, -0.2) is 4.79 Å². The van der Waals surface area contributed by atoms with E-state index in [0.29, 0.717) is 18.5 Å². The van der Waals surface area contributed by atoms with E-state index in [1.54, 1.807) is 0 Å². The van der Waals surface area contributed by atoms with Crippen molar-refractivity contribution in [3.63, 3.8) is 0 Å². The average molecular weight is 198 g/mol. The Balaban J connectivity index is 2.63. The van der Waals surface area contributed by atoms with Crippen molar-refractivity contribution in [2.24, 2.45) is 0 Å². The molecule has 1 aromatic heterocycles. The number of carboxylic acid groups (broad SMARTS) is 1. The number of hydrogen-bond acceptors (Lipinski definition) is 3. The third-order valence-corrected chi connectivity index (χ3v) is 1.65. The van der Waals surface area contributed by atoms with E-state index < -0.39 is 17.2 Å². The lowest BCUT2D eigenvalue weighted by atomic mass is 10.2. The van der Waals surface area contributed by atoms with Crippen molar-refractivity contribution in [1.29, 1.82) is 0 Å². The first kappa shape index (κ1) is 10.2. The van der Waals surface area contributed by atoms with Crippen LogP contribution in [0.1, 0.15) is 18.5 Å². The van der Waals surface area contributed by atoms with Crippen LogP contribution in [0.15, 0.2) is 15.7 Å². The van der Waals surface area contributed by atoms with Crippen molar-refractivity contribution in [3.05, 3.63) is 32.6 Å². The van der Waals surface area contributed by atoms with Crippen molar-refractivity contribution < 1.29 is 9.90 Å². The van der Waals surface area contributed by atoms with Crippen LogP contribution in [-0.2, 0) is 11.2 Å². The fraction of sp³-hybridized carbons (Fsp3) is 0.375. The van der Waals surface area contributed by atoms with Gasteiger partial charge < -0.3 is 10.1 Å². The Morgan fingerprint density at radius 3 is 2.64 bits per heavy atom. The molecular weight excluding hydrogens is 188 g/mol. The summed E-state index contributed by atoms with van der Waals surface area (Å²) in [6, 6.07) is 1.25. The topological polar surface area (TPSA) is 103 Å². The maximum Gasteiger partial charge on any atom is 0.325 e. The van der Waals surface area contributed by atoms with Crippen LogP contribution < -0.4 is 11.2 Å². The lowest BCUT2D eigenvalue weighted by molar-refractivity contribution is -0.137. The number of carbonyl (C=O) groups is 1. The summed E-state index contributed by atoms with van der Waals surface area (Å²) < 4.78 is 0. The summed E-state index contributed by atoms with van der Waals surface area (Å²) in [5.74, 6) is -0.891. The molecule has 0 atom stereocenters. The summed E-state index contributed by atoms with van der Waals surface area (Å²) in [4.78, 5) is 36.2. The molecule has 0 spiro atoms. The minimum Gasteiger partial charge on any atom is -0.481 e. The number of nitrogens with one attached hydrogen (secondary N) is 2. The normalized spacial score (nSPS) is 10.0. The highest BCUT2D eigenvalue weighted by Crippen LogP contribution is 1.97. The summed E-state index contributed by atoms with van der Waals surface area (Å²) in [5.41, 5.74) is -0.582. The summed E-state index contributed by atoms with van der Waals surface area (Å²) in [6.07, 6.45) is 0.801. The van der Waals surface area contributed by atoms with E-state index in [9.17, 15) is 14.4 Å². The minimum atomic E-state index is -0.891. The van der Waals surface area contributed by atoms with Crippen LogP contribution in [0.4, 0.5) is 0 Å². The van der Waals surface area contributed by atoms with Gasteiger partial charge in [0.05, 0.1) is 0 Å². The van der Waals surface area contributed by atoms with E-state index in [4.69, 9.17) is 5.11 Å². The Labute approximate surface area is 78.6 Å². The fourth-order valence-corrected chi connectivity index (χ4v) is 1.08. The standard InChI is InChI=1S/C8H10N2O4/c11-6-4-5(9-8(14)10-6)2-1-3-7(12)13/h4H,1-3H2,(H,12,13)(H2,9,10,11,14). The van der Waals surface area contributed by atoms with Crippen LogP contribution >= 0.6 is 0 Å². The van der Waals surface area contributed by atoms with Crippen molar-refractivity contribution >= 4 is 5.97 Å². The molecule has 0 unspecified atom stereocenters. The van der Waals surface area contributed by atoms with Gasteiger partial charge in [0, 0.05) is 18.2 Å². The van der Waals surface area contributed by atoms with Crippen LogP contribution in [-0.4, -0.2) is 21.0 Å². The van der Waals surface area contributed by atoms with Gasteiger partial charge >= 0.3 is 11.7 Å². The van der Waals surface area contributed by atoms with Gasteiger partial charge in [0.15, 0.2) is 0 Å². The molecular formula is C8H10N2O4. The molecule has 0 amide bonds. The molecule has 3 N–H and O–H groups in total. The molecule has 0 aliphatic rings. The second-order valence-corrected chi connectivity index (χ2v) is 2.86. The van der Waals surface area contributed by atoms with Gasteiger partial charge in [-0.1, -0.05) is 0 Å². The van der Waals surface area contributed by atoms with Gasteiger partial charge in [0.1, 0.15) is 0 Å². The maximum atomic E-state index is 10.8. The minimum absolute atomic E-state index is 0.0226. The smallest absolute Gasteiger partial charge is 0.325 e. The number of aromatic nitrogens is 2. The molecule has 1 heterocycles. The molecule has 0 radical (unpaired) electrons. The highest BCUT2D eigenvalue weighted by atomic mass is 16.4. The van der Waals surface area contributed by atoms with Crippen LogP contribution in [0.25, 0.3) is 0 Å². The van der Waals surface area contributed by atoms with Crippen LogP contribution in [0, 0.1) is 0 Å². The Morgan fingerprint density at radius 2 is 2.07 bits per heavy atom. The molecule has 76 valence electrons. The summed E-state index contributed by atoms with van der Waals surface area (Å²) >= 11 is 0. The summed E-state index contributed by atoms with van der Waals surface area (Å²) in [6.45, 7) is 0. The number of aromatic amines is 2. The summed E-state index contributed by atoms with van der Waals surface area (Å²) in [5, 5.41) is 8.36. The summed E-state index contributed by atoms with van der Waals surface area (Å²) in [7, 11) is 0. The quantitative estimate of drug-likeness (QED) is 0.605. The zero-order chi connectivity index (χ0) is 10.6. The van der Waals surface area contributed by atoms with E-state index in [1.807, 2.05) is 4.98 Å². The first-order chi connectivity index (χ1) is 6.58. The molecule has 0 aliphatic carbocycles. The predicted molar refractivity (Wildman–Crippen MR) is 48.3 cm³/mol. The Bertz CT molecular complexity index is 403. The Hall–Kier alpha value is -1.85. The van der Waals surface area contributed by atoms with Gasteiger partial charge in [0.25, 0.3) is 5.56 Å². The molecule has 0 bridgehead atoms. The first-order valence-electron chi connectivity index (χ1n) is 4.12. The number of aryl methyl sites for hydroxylation is 1. The molecule has 1 rings (SSSR count). The SMILES string of the molecule is O=C(O)CCCc1cc(=O)[nH]c(=O)[nH]1. The predicted octanol–water partition coefficient (Wildman–Crippen LogP) is -0.529. The monoisotopic (exact) mass is 198 g/mol. The Morgan fingerprint density at radius 1 is 1.36 bits per heavy atom. The zero-order valence-corrected chi connectivity index (χ0v) is 7.37. The van der Waals surface area contributed by atoms with Crippen molar-refractivity contribution in [1.82, 2.24) is 9.97 Å². The van der Waals surface area contributed by atoms with E-state index in [0.717, 1.165) is 0 Å². The lowest BCUT2D eigenvalue weighted by Gasteiger charge is -1.97. The number of H-pyrrole nitrogens is 2. The molecule has 0 fully saturated rings. The molecule has 0 aliphatic heterocycles. The first-order valence-corrected chi connectivity index (χ1v) is 4.12. The number of rotatable bonds is 4. The molecule has 14 heavy (non-hydrogen) atoms. The van der Waals surface area contributed by atoms with E-state index >= 15 is 0 Å². The second-order valence-electron chi connectivity index (χ2n) is 2.86. The van der Waals surface area contributed by atoms with Gasteiger partial charge in [-0.3, -0.25) is 14.6 Å². The average Bonchev–Trinajstić information content (AvgIpc) is 2.01. The van der Waals surface area contributed by atoms with Crippen molar-refractivity contribution in [3.8, 4) is 0 Å². The second kappa shape index (κ2) is 4.40. The molecule has 0 saturated heterocycles. The number of carboxylic acids is 1. The third-order valence-electron chi connectivity index (χ3n) is 1.65. The number of hydrogen-bond donors (Lipinski definition) is 3. The lowest BCUT2D eigenvalue weighted by Crippen LogP contribution is -2.22.